The zero-order valence-corrected chi connectivity index (χ0v) is 12.9. The first-order chi connectivity index (χ1) is 11.1. The molecule has 1 aromatic carbocycles. The number of carbonyl (C=O) groups excluding carboxylic acids is 2. The van der Waals surface area contributed by atoms with E-state index in [1.165, 1.54) is 12.1 Å². The number of benzene rings is 1. The molecular weight excluding hydrogens is 297 g/mol. The van der Waals surface area contributed by atoms with Crippen molar-refractivity contribution in [2.24, 2.45) is 11.8 Å². The molecule has 1 saturated carbocycles. The van der Waals surface area contributed by atoms with E-state index in [0.717, 1.165) is 18.4 Å². The van der Waals surface area contributed by atoms with Gasteiger partial charge in [0.05, 0.1) is 5.92 Å². The van der Waals surface area contributed by atoms with Crippen molar-refractivity contribution in [3.63, 3.8) is 0 Å². The summed E-state index contributed by atoms with van der Waals surface area (Å²) in [6.45, 7) is 2.22. The minimum absolute atomic E-state index is 0.0358. The Labute approximate surface area is 134 Å². The average Bonchev–Trinajstić information content (AvgIpc) is 3.15. The summed E-state index contributed by atoms with van der Waals surface area (Å²) in [7, 11) is 0. The standard InChI is InChI=1S/C17H20FN3O2/c18-13-3-1-2-11(6-13)7-20-8-12-9-21(10-15(12)16(20)22)17(23)19-14-4-5-14/h1-3,6,12,14-15H,4-5,7-10H2,(H,19,23)/t12-,15+/m0/s1. The summed E-state index contributed by atoms with van der Waals surface area (Å²) in [5.41, 5.74) is 0.807. The lowest BCUT2D eigenvalue weighted by Crippen LogP contribution is -2.42. The van der Waals surface area contributed by atoms with Crippen LogP contribution < -0.4 is 5.32 Å². The topological polar surface area (TPSA) is 52.7 Å². The highest BCUT2D eigenvalue weighted by atomic mass is 19.1. The summed E-state index contributed by atoms with van der Waals surface area (Å²) >= 11 is 0. The number of amides is 3. The van der Waals surface area contributed by atoms with E-state index in [9.17, 15) is 14.0 Å². The van der Waals surface area contributed by atoms with Gasteiger partial charge in [-0.2, -0.15) is 0 Å². The largest absolute Gasteiger partial charge is 0.338 e. The second-order valence-corrected chi connectivity index (χ2v) is 6.84. The van der Waals surface area contributed by atoms with Crippen LogP contribution in [0, 0.1) is 17.7 Å². The van der Waals surface area contributed by atoms with Gasteiger partial charge >= 0.3 is 6.03 Å². The van der Waals surface area contributed by atoms with Crippen LogP contribution in [0.3, 0.4) is 0 Å². The van der Waals surface area contributed by atoms with E-state index >= 15 is 0 Å². The second kappa shape index (κ2) is 5.51. The number of rotatable bonds is 3. The lowest BCUT2D eigenvalue weighted by molar-refractivity contribution is -0.131. The maximum atomic E-state index is 13.3. The Morgan fingerprint density at radius 2 is 2.09 bits per heavy atom. The fourth-order valence-corrected chi connectivity index (χ4v) is 3.60. The predicted octanol–water partition coefficient (Wildman–Crippen LogP) is 1.59. The van der Waals surface area contributed by atoms with E-state index in [4.69, 9.17) is 0 Å². The number of nitrogens with one attached hydrogen (secondary N) is 1. The SMILES string of the molecule is O=C(NC1CC1)N1C[C@@H]2CN(Cc3cccc(F)c3)C(=O)[C@@H]2C1. The third-order valence-electron chi connectivity index (χ3n) is 4.98. The molecule has 0 aromatic heterocycles. The number of likely N-dealkylation sites (tertiary alicyclic amines) is 2. The summed E-state index contributed by atoms with van der Waals surface area (Å²) in [6.07, 6.45) is 2.12. The summed E-state index contributed by atoms with van der Waals surface area (Å²) in [6, 6.07) is 6.67. The average molecular weight is 317 g/mol. The van der Waals surface area contributed by atoms with Gasteiger partial charge in [-0.1, -0.05) is 12.1 Å². The minimum Gasteiger partial charge on any atom is -0.338 e. The summed E-state index contributed by atoms with van der Waals surface area (Å²) in [5.74, 6) is -0.104. The van der Waals surface area contributed by atoms with Crippen LogP contribution in [-0.4, -0.2) is 47.4 Å². The highest BCUT2D eigenvalue weighted by molar-refractivity contribution is 5.84. The molecule has 122 valence electrons. The quantitative estimate of drug-likeness (QED) is 0.920. The number of urea groups is 1. The smallest absolute Gasteiger partial charge is 0.317 e. The summed E-state index contributed by atoms with van der Waals surface area (Å²) in [5, 5.41) is 2.98. The fraction of sp³-hybridized carbons (Fsp3) is 0.529. The van der Waals surface area contributed by atoms with Gasteiger partial charge in [-0.25, -0.2) is 9.18 Å². The normalized spacial score (nSPS) is 26.6. The van der Waals surface area contributed by atoms with Crippen LogP contribution in [0.5, 0.6) is 0 Å². The Morgan fingerprint density at radius 3 is 2.78 bits per heavy atom. The van der Waals surface area contributed by atoms with E-state index in [-0.39, 0.29) is 29.6 Å². The minimum atomic E-state index is -0.280. The van der Waals surface area contributed by atoms with Crippen LogP contribution in [0.4, 0.5) is 9.18 Å². The zero-order chi connectivity index (χ0) is 16.0. The monoisotopic (exact) mass is 317 g/mol. The van der Waals surface area contributed by atoms with Gasteiger partial charge in [0.2, 0.25) is 5.91 Å². The van der Waals surface area contributed by atoms with E-state index in [1.807, 2.05) is 6.07 Å². The molecule has 0 unspecified atom stereocenters. The third-order valence-corrected chi connectivity index (χ3v) is 4.98. The van der Waals surface area contributed by atoms with Crippen molar-refractivity contribution in [3.8, 4) is 0 Å². The van der Waals surface area contributed by atoms with E-state index in [2.05, 4.69) is 5.32 Å². The van der Waals surface area contributed by atoms with E-state index in [0.29, 0.717) is 32.2 Å². The van der Waals surface area contributed by atoms with E-state index in [1.54, 1.807) is 15.9 Å². The third kappa shape index (κ3) is 2.90. The van der Waals surface area contributed by atoms with Gasteiger partial charge in [-0.05, 0) is 30.5 Å². The number of nitrogens with zero attached hydrogens (tertiary/aromatic N) is 2. The summed E-state index contributed by atoms with van der Waals surface area (Å²) in [4.78, 5) is 28.2. The van der Waals surface area contributed by atoms with Gasteiger partial charge < -0.3 is 15.1 Å². The van der Waals surface area contributed by atoms with Gasteiger partial charge in [0.1, 0.15) is 5.82 Å². The molecule has 6 heteroatoms. The lowest BCUT2D eigenvalue weighted by Gasteiger charge is -2.22. The second-order valence-electron chi connectivity index (χ2n) is 6.84. The lowest BCUT2D eigenvalue weighted by atomic mass is 10.0. The molecule has 3 amide bonds. The molecule has 1 N–H and O–H groups in total. The highest BCUT2D eigenvalue weighted by Crippen LogP contribution is 2.33. The number of hydrogen-bond donors (Lipinski definition) is 1. The van der Waals surface area contributed by atoms with Crippen LogP contribution in [-0.2, 0) is 11.3 Å². The maximum Gasteiger partial charge on any atom is 0.317 e. The van der Waals surface area contributed by atoms with E-state index < -0.39 is 0 Å². The first-order valence-corrected chi connectivity index (χ1v) is 8.19. The van der Waals surface area contributed by atoms with Crippen LogP contribution in [0.15, 0.2) is 24.3 Å². The molecule has 3 aliphatic rings. The van der Waals surface area contributed by atoms with Crippen molar-refractivity contribution in [1.29, 1.82) is 0 Å². The Kier molecular flexibility index (Phi) is 3.47. The molecule has 23 heavy (non-hydrogen) atoms. The molecule has 1 aromatic rings. The molecule has 0 bridgehead atoms. The highest BCUT2D eigenvalue weighted by Gasteiger charge is 2.47. The van der Waals surface area contributed by atoms with Gasteiger partial charge in [0, 0.05) is 38.1 Å². The van der Waals surface area contributed by atoms with Crippen molar-refractivity contribution < 1.29 is 14.0 Å². The van der Waals surface area contributed by atoms with Crippen molar-refractivity contribution >= 4 is 11.9 Å². The van der Waals surface area contributed by atoms with Gasteiger partial charge in [-0.15, -0.1) is 0 Å². The molecule has 2 atom stereocenters. The molecule has 5 nitrogen and oxygen atoms in total. The Hall–Kier alpha value is -2.11. The molecular formula is C17H20FN3O2. The molecule has 0 spiro atoms. The molecule has 2 heterocycles. The maximum absolute atomic E-state index is 13.3. The van der Waals surface area contributed by atoms with Crippen LogP contribution in [0.2, 0.25) is 0 Å². The van der Waals surface area contributed by atoms with Gasteiger partial charge in [0.25, 0.3) is 0 Å². The zero-order valence-electron chi connectivity index (χ0n) is 12.9. The van der Waals surface area contributed by atoms with Crippen LogP contribution in [0.1, 0.15) is 18.4 Å². The molecule has 4 rings (SSSR count). The number of halogens is 1. The Morgan fingerprint density at radius 1 is 1.26 bits per heavy atom. The van der Waals surface area contributed by atoms with Crippen molar-refractivity contribution in [2.75, 3.05) is 19.6 Å². The van der Waals surface area contributed by atoms with Crippen molar-refractivity contribution in [3.05, 3.63) is 35.6 Å². The Balaban J connectivity index is 1.37. The molecule has 3 fully saturated rings. The summed E-state index contributed by atoms with van der Waals surface area (Å²) < 4.78 is 13.3. The Bertz CT molecular complexity index is 646. The first kappa shape index (κ1) is 14.5. The van der Waals surface area contributed by atoms with Gasteiger partial charge in [0.15, 0.2) is 0 Å². The molecule has 2 aliphatic heterocycles. The predicted molar refractivity (Wildman–Crippen MR) is 81.9 cm³/mol. The number of fused-ring (bicyclic) bond motifs is 1. The molecule has 0 radical (unpaired) electrons. The van der Waals surface area contributed by atoms with Crippen LogP contribution in [0.25, 0.3) is 0 Å². The van der Waals surface area contributed by atoms with Crippen molar-refractivity contribution in [1.82, 2.24) is 15.1 Å². The van der Waals surface area contributed by atoms with Gasteiger partial charge in [-0.3, -0.25) is 4.79 Å². The van der Waals surface area contributed by atoms with Crippen molar-refractivity contribution in [2.45, 2.75) is 25.4 Å². The number of hydrogen-bond acceptors (Lipinski definition) is 2. The first-order valence-electron chi connectivity index (χ1n) is 8.19. The molecule has 1 aliphatic carbocycles. The number of carbonyl (C=O) groups is 2. The fourth-order valence-electron chi connectivity index (χ4n) is 3.60. The van der Waals surface area contributed by atoms with Crippen LogP contribution >= 0.6 is 0 Å². The molecule has 2 saturated heterocycles.